The van der Waals surface area contributed by atoms with Crippen LogP contribution in [0.3, 0.4) is 0 Å². The van der Waals surface area contributed by atoms with Gasteiger partial charge in [0.2, 0.25) is 5.91 Å². The zero-order valence-corrected chi connectivity index (χ0v) is 14.6. The fraction of sp³-hybridized carbons (Fsp3) is 0.500. The molecule has 0 atom stereocenters. The van der Waals surface area contributed by atoms with E-state index in [-0.39, 0.29) is 36.7 Å². The Labute approximate surface area is 147 Å². The number of hydrogen-bond donors (Lipinski definition) is 1. The molecule has 0 unspecified atom stereocenters. The van der Waals surface area contributed by atoms with Crippen LogP contribution in [0.15, 0.2) is 24.3 Å². The van der Waals surface area contributed by atoms with Crippen LogP contribution in [0, 0.1) is 0 Å². The van der Waals surface area contributed by atoms with Gasteiger partial charge in [0.1, 0.15) is 5.75 Å². The average molecular weight is 348 g/mol. The molecule has 2 amide bonds. The second kappa shape index (κ2) is 9.05. The molecule has 1 saturated heterocycles. The van der Waals surface area contributed by atoms with Crippen LogP contribution in [0.25, 0.3) is 0 Å². The van der Waals surface area contributed by atoms with Crippen molar-refractivity contribution < 1.29 is 23.9 Å². The monoisotopic (exact) mass is 348 g/mol. The van der Waals surface area contributed by atoms with Crippen LogP contribution < -0.4 is 10.1 Å². The minimum Gasteiger partial charge on any atom is -0.497 e. The molecule has 0 spiro atoms. The van der Waals surface area contributed by atoms with E-state index in [1.54, 1.807) is 36.3 Å². The first-order valence-electron chi connectivity index (χ1n) is 8.33. The number of benzene rings is 1. The number of esters is 1. The molecule has 1 aromatic carbocycles. The van der Waals surface area contributed by atoms with Crippen molar-refractivity contribution in [3.05, 3.63) is 29.8 Å². The lowest BCUT2D eigenvalue weighted by Crippen LogP contribution is -2.46. The molecule has 1 fully saturated rings. The summed E-state index contributed by atoms with van der Waals surface area (Å²) < 4.78 is 9.67. The van der Waals surface area contributed by atoms with E-state index in [0.717, 1.165) is 0 Å². The highest BCUT2D eigenvalue weighted by Gasteiger charge is 2.24. The molecule has 25 heavy (non-hydrogen) atoms. The first-order valence-corrected chi connectivity index (χ1v) is 8.33. The van der Waals surface area contributed by atoms with Crippen molar-refractivity contribution in [1.29, 1.82) is 0 Å². The first-order chi connectivity index (χ1) is 12.0. The number of amides is 2. The molecule has 2 rings (SSSR count). The zero-order chi connectivity index (χ0) is 18.2. The summed E-state index contributed by atoms with van der Waals surface area (Å²) >= 11 is 0. The van der Waals surface area contributed by atoms with Gasteiger partial charge in [-0.15, -0.1) is 0 Å². The maximum Gasteiger partial charge on any atom is 0.306 e. The molecule has 0 radical (unpaired) electrons. The number of carbonyl (C=O) groups excluding carboxylic acids is 3. The summed E-state index contributed by atoms with van der Waals surface area (Å²) in [7, 11) is 2.87. The second-order valence-electron chi connectivity index (χ2n) is 5.94. The summed E-state index contributed by atoms with van der Waals surface area (Å²) in [4.78, 5) is 37.2. The van der Waals surface area contributed by atoms with Crippen LogP contribution in [0.5, 0.6) is 5.75 Å². The van der Waals surface area contributed by atoms with Gasteiger partial charge >= 0.3 is 5.97 Å². The lowest BCUT2D eigenvalue weighted by atomic mass is 10.0. The number of rotatable bonds is 6. The number of methoxy groups -OCH3 is 2. The van der Waals surface area contributed by atoms with Crippen molar-refractivity contribution in [2.75, 3.05) is 27.3 Å². The van der Waals surface area contributed by atoms with E-state index in [1.165, 1.54) is 7.11 Å². The summed E-state index contributed by atoms with van der Waals surface area (Å²) in [5, 5.41) is 3.00. The number of likely N-dealkylation sites (tertiary alicyclic amines) is 1. The summed E-state index contributed by atoms with van der Waals surface area (Å²) in [5.41, 5.74) is 0.552. The second-order valence-corrected chi connectivity index (χ2v) is 5.94. The predicted molar refractivity (Wildman–Crippen MR) is 91.3 cm³/mol. The molecule has 7 heteroatoms. The molecule has 1 heterocycles. The Hall–Kier alpha value is -2.57. The number of ether oxygens (including phenoxy) is 2. The molecule has 0 aromatic heterocycles. The van der Waals surface area contributed by atoms with Crippen LogP contribution in [-0.2, 0) is 14.3 Å². The molecule has 0 bridgehead atoms. The molecule has 1 aromatic rings. The Morgan fingerprint density at radius 1 is 1.16 bits per heavy atom. The minimum absolute atomic E-state index is 0.0309. The van der Waals surface area contributed by atoms with Gasteiger partial charge in [0, 0.05) is 31.1 Å². The molecule has 136 valence electrons. The fourth-order valence-corrected chi connectivity index (χ4v) is 2.78. The van der Waals surface area contributed by atoms with Crippen molar-refractivity contribution in [3.8, 4) is 5.75 Å². The van der Waals surface area contributed by atoms with Crippen molar-refractivity contribution in [3.63, 3.8) is 0 Å². The topological polar surface area (TPSA) is 84.9 Å². The lowest BCUT2D eigenvalue weighted by molar-refractivity contribution is -0.143. The van der Waals surface area contributed by atoms with Crippen LogP contribution in [0.2, 0.25) is 0 Å². The number of nitrogens with zero attached hydrogens (tertiary/aromatic N) is 1. The van der Waals surface area contributed by atoms with Crippen molar-refractivity contribution in [2.24, 2.45) is 0 Å². The number of piperidine rings is 1. The third-order valence-electron chi connectivity index (χ3n) is 4.29. The quantitative estimate of drug-likeness (QED) is 0.785. The SMILES string of the molecule is COC(=O)CCC(=O)N1CCC(NC(=O)c2cccc(OC)c2)CC1. The standard InChI is InChI=1S/C18H24N2O5/c1-24-15-5-3-4-13(12-15)18(23)19-14-8-10-20(11-9-14)16(21)6-7-17(22)25-2/h3-5,12,14H,6-11H2,1-2H3,(H,19,23). The third kappa shape index (κ3) is 5.48. The van der Waals surface area contributed by atoms with Crippen LogP contribution in [-0.4, -0.2) is 56.0 Å². The van der Waals surface area contributed by atoms with Crippen LogP contribution in [0.1, 0.15) is 36.0 Å². The highest BCUT2D eigenvalue weighted by molar-refractivity contribution is 5.94. The van der Waals surface area contributed by atoms with Gasteiger partial charge in [-0.3, -0.25) is 14.4 Å². The fourth-order valence-electron chi connectivity index (χ4n) is 2.78. The Kier molecular flexibility index (Phi) is 6.80. The van der Waals surface area contributed by atoms with E-state index in [9.17, 15) is 14.4 Å². The average Bonchev–Trinajstić information content (AvgIpc) is 2.66. The number of nitrogens with one attached hydrogen (secondary N) is 1. The largest absolute Gasteiger partial charge is 0.497 e. The van der Waals surface area contributed by atoms with Gasteiger partial charge in [-0.2, -0.15) is 0 Å². The number of hydrogen-bond acceptors (Lipinski definition) is 5. The molecule has 0 saturated carbocycles. The van der Waals surface area contributed by atoms with E-state index < -0.39 is 0 Å². The molecule has 7 nitrogen and oxygen atoms in total. The van der Waals surface area contributed by atoms with E-state index >= 15 is 0 Å². The van der Waals surface area contributed by atoms with Gasteiger partial charge in [-0.1, -0.05) is 6.07 Å². The van der Waals surface area contributed by atoms with E-state index in [1.807, 2.05) is 0 Å². The van der Waals surface area contributed by atoms with Gasteiger partial charge < -0.3 is 19.7 Å². The Bertz CT molecular complexity index is 624. The van der Waals surface area contributed by atoms with Crippen molar-refractivity contribution in [2.45, 2.75) is 31.7 Å². The van der Waals surface area contributed by atoms with E-state index in [0.29, 0.717) is 37.2 Å². The first kappa shape index (κ1) is 18.8. The summed E-state index contributed by atoms with van der Waals surface area (Å²) in [6, 6.07) is 7.03. The Balaban J connectivity index is 1.78. The van der Waals surface area contributed by atoms with Gasteiger partial charge in [0.05, 0.1) is 20.6 Å². The highest BCUT2D eigenvalue weighted by Crippen LogP contribution is 2.15. The maximum absolute atomic E-state index is 12.3. The minimum atomic E-state index is -0.381. The van der Waals surface area contributed by atoms with Gasteiger partial charge in [0.25, 0.3) is 5.91 Å². The normalized spacial score (nSPS) is 14.7. The zero-order valence-electron chi connectivity index (χ0n) is 14.6. The molecule has 1 N–H and O–H groups in total. The molecule has 1 aliphatic heterocycles. The maximum atomic E-state index is 12.3. The Morgan fingerprint density at radius 3 is 2.52 bits per heavy atom. The van der Waals surface area contributed by atoms with E-state index in [2.05, 4.69) is 10.1 Å². The van der Waals surface area contributed by atoms with Crippen molar-refractivity contribution in [1.82, 2.24) is 10.2 Å². The van der Waals surface area contributed by atoms with Gasteiger partial charge in [-0.25, -0.2) is 0 Å². The summed E-state index contributed by atoms with van der Waals surface area (Å²) in [6.45, 7) is 1.14. The molecular weight excluding hydrogens is 324 g/mol. The lowest BCUT2D eigenvalue weighted by Gasteiger charge is -2.32. The van der Waals surface area contributed by atoms with Gasteiger partial charge in [-0.05, 0) is 31.0 Å². The predicted octanol–water partition coefficient (Wildman–Crippen LogP) is 1.37. The summed E-state index contributed by atoms with van der Waals surface area (Å²) in [6.07, 6.45) is 1.65. The highest BCUT2D eigenvalue weighted by atomic mass is 16.5. The van der Waals surface area contributed by atoms with Crippen LogP contribution in [0.4, 0.5) is 0 Å². The van der Waals surface area contributed by atoms with Crippen LogP contribution >= 0.6 is 0 Å². The smallest absolute Gasteiger partial charge is 0.306 e. The van der Waals surface area contributed by atoms with Gasteiger partial charge in [0.15, 0.2) is 0 Å². The Morgan fingerprint density at radius 2 is 1.88 bits per heavy atom. The summed E-state index contributed by atoms with van der Waals surface area (Å²) in [5.74, 6) is 0.0600. The van der Waals surface area contributed by atoms with Crippen molar-refractivity contribution >= 4 is 17.8 Å². The molecule has 1 aliphatic rings. The third-order valence-corrected chi connectivity index (χ3v) is 4.29. The molecular formula is C18H24N2O5. The molecule has 0 aliphatic carbocycles. The van der Waals surface area contributed by atoms with E-state index in [4.69, 9.17) is 4.74 Å². The number of carbonyl (C=O) groups is 3.